The van der Waals surface area contributed by atoms with E-state index in [1.54, 1.807) is 13.8 Å². The van der Waals surface area contributed by atoms with Gasteiger partial charge in [0.05, 0.1) is 42.2 Å². The predicted octanol–water partition coefficient (Wildman–Crippen LogP) is 2.26. The first-order valence-electron chi connectivity index (χ1n) is 17.9. The summed E-state index contributed by atoms with van der Waals surface area (Å²) in [5, 5.41) is 76.2. The Kier molecular flexibility index (Phi) is 7.65. The average Bonchev–Trinajstić information content (AvgIpc) is 3.33. The van der Waals surface area contributed by atoms with Gasteiger partial charge in [-0.15, -0.1) is 0 Å². The molecule has 7 fully saturated rings. The molecule has 7 rings (SSSR count). The summed E-state index contributed by atoms with van der Waals surface area (Å²) >= 11 is 0. The number of fused-ring (bicyclic) bond motifs is 2. The number of aliphatic hydroxyl groups excluding tert-OH is 6. The van der Waals surface area contributed by atoms with E-state index in [1.807, 2.05) is 0 Å². The number of ether oxygens (including phenoxy) is 3. The van der Waals surface area contributed by atoms with Crippen LogP contribution in [0.4, 0.5) is 0 Å². The molecule has 0 amide bonds. The van der Waals surface area contributed by atoms with Crippen LogP contribution in [0.3, 0.4) is 0 Å². The smallest absolute Gasteiger partial charge is 0.186 e. The van der Waals surface area contributed by atoms with Crippen LogP contribution >= 0.6 is 0 Å². The maximum atomic E-state index is 12.0. The van der Waals surface area contributed by atoms with Gasteiger partial charge in [0.25, 0.3) is 0 Å². The predicted molar refractivity (Wildman–Crippen MR) is 167 cm³/mol. The van der Waals surface area contributed by atoms with Crippen LogP contribution in [0.1, 0.15) is 106 Å². The second kappa shape index (κ2) is 10.3. The maximum absolute atomic E-state index is 12.0. The molecule has 17 atom stereocenters. The first kappa shape index (κ1) is 34.1. The van der Waals surface area contributed by atoms with Gasteiger partial charge < -0.3 is 50.0 Å². The highest BCUT2D eigenvalue weighted by atomic mass is 16.7. The number of aliphatic hydroxyl groups is 7. The molecule has 5 aliphatic carbocycles. The van der Waals surface area contributed by atoms with E-state index < -0.39 is 72.2 Å². The van der Waals surface area contributed by atoms with E-state index in [2.05, 4.69) is 34.6 Å². The molecule has 0 bridgehead atoms. The van der Waals surface area contributed by atoms with Crippen molar-refractivity contribution in [1.29, 1.82) is 0 Å². The van der Waals surface area contributed by atoms with E-state index >= 15 is 0 Å². The molecule has 10 unspecified atom stereocenters. The SMILES string of the molecule is CC(C)(O)C1CC[C@](C)(C2C(O)C[C@@]3(C)C4C[C@H](O[C@@H]5O[C@H](CO)C(O)[C@H](O)C5O)[C@H]5C(C)(C)C(O)CCC56CC46CCC23C)O1. The molecule has 2 heterocycles. The molecule has 10 heteroatoms. The molecule has 46 heavy (non-hydrogen) atoms. The first-order valence-corrected chi connectivity index (χ1v) is 17.9. The lowest BCUT2D eigenvalue weighted by Gasteiger charge is -2.65. The van der Waals surface area contributed by atoms with E-state index in [-0.39, 0.29) is 45.5 Å². The van der Waals surface area contributed by atoms with Crippen molar-refractivity contribution in [1.82, 2.24) is 0 Å². The lowest BCUT2D eigenvalue weighted by Crippen LogP contribution is -2.64. The molecule has 7 aliphatic rings. The molecular weight excluding hydrogens is 592 g/mol. The number of hydrogen-bond acceptors (Lipinski definition) is 10. The monoisotopic (exact) mass is 652 g/mol. The average molecular weight is 653 g/mol. The van der Waals surface area contributed by atoms with Crippen LogP contribution in [0.2, 0.25) is 0 Å². The van der Waals surface area contributed by atoms with Gasteiger partial charge in [0.1, 0.15) is 24.4 Å². The van der Waals surface area contributed by atoms with Crippen molar-refractivity contribution in [3.63, 3.8) is 0 Å². The Bertz CT molecular complexity index is 1200. The second-order valence-corrected chi connectivity index (χ2v) is 18.7. The quantitative estimate of drug-likeness (QED) is 0.219. The Labute approximate surface area is 273 Å². The van der Waals surface area contributed by atoms with Crippen LogP contribution in [0.5, 0.6) is 0 Å². The number of hydrogen-bond donors (Lipinski definition) is 7. The Balaban J connectivity index is 1.26. The second-order valence-electron chi connectivity index (χ2n) is 18.7. The van der Waals surface area contributed by atoms with Gasteiger partial charge >= 0.3 is 0 Å². The third-order valence-corrected chi connectivity index (χ3v) is 15.9. The third kappa shape index (κ3) is 4.24. The van der Waals surface area contributed by atoms with E-state index in [0.717, 1.165) is 38.5 Å². The van der Waals surface area contributed by atoms with Crippen LogP contribution in [-0.2, 0) is 14.2 Å². The molecule has 0 aromatic rings. The summed E-state index contributed by atoms with van der Waals surface area (Å²) in [4.78, 5) is 0. The summed E-state index contributed by atoms with van der Waals surface area (Å²) in [6.45, 7) is 14.2. The zero-order valence-electron chi connectivity index (χ0n) is 28.9. The molecule has 2 spiro atoms. The summed E-state index contributed by atoms with van der Waals surface area (Å²) in [7, 11) is 0. The highest BCUT2D eigenvalue weighted by molar-refractivity contribution is 5.33. The number of rotatable bonds is 5. The van der Waals surface area contributed by atoms with Crippen LogP contribution in [0.25, 0.3) is 0 Å². The minimum atomic E-state index is -1.53. The minimum Gasteiger partial charge on any atom is -0.394 e. The van der Waals surface area contributed by atoms with Crippen molar-refractivity contribution in [3.05, 3.63) is 0 Å². The van der Waals surface area contributed by atoms with Crippen molar-refractivity contribution < 1.29 is 50.0 Å². The van der Waals surface area contributed by atoms with Crippen molar-refractivity contribution in [2.24, 2.45) is 44.8 Å². The van der Waals surface area contributed by atoms with Crippen molar-refractivity contribution in [3.8, 4) is 0 Å². The highest BCUT2D eigenvalue weighted by Crippen LogP contribution is 2.89. The molecular formula is C36H60O10. The largest absolute Gasteiger partial charge is 0.394 e. The Hall–Kier alpha value is -0.400. The van der Waals surface area contributed by atoms with Crippen molar-refractivity contribution >= 4 is 0 Å². The van der Waals surface area contributed by atoms with Crippen LogP contribution in [-0.4, -0.2) is 109 Å². The van der Waals surface area contributed by atoms with Gasteiger partial charge in [-0.05, 0) is 117 Å². The molecule has 2 aliphatic heterocycles. The molecule has 0 radical (unpaired) electrons. The van der Waals surface area contributed by atoms with Gasteiger partial charge in [-0.3, -0.25) is 0 Å². The van der Waals surface area contributed by atoms with Crippen LogP contribution in [0.15, 0.2) is 0 Å². The Morgan fingerprint density at radius 1 is 0.804 bits per heavy atom. The van der Waals surface area contributed by atoms with Crippen LogP contribution < -0.4 is 0 Å². The summed E-state index contributed by atoms with van der Waals surface area (Å²) in [5.41, 5.74) is -2.50. The van der Waals surface area contributed by atoms with Gasteiger partial charge in [0, 0.05) is 5.92 Å². The fourth-order valence-corrected chi connectivity index (χ4v) is 13.6. The Morgan fingerprint density at radius 2 is 1.50 bits per heavy atom. The van der Waals surface area contributed by atoms with Gasteiger partial charge in [0.15, 0.2) is 6.29 Å². The zero-order chi connectivity index (χ0) is 33.6. The highest BCUT2D eigenvalue weighted by Gasteiger charge is 2.85. The third-order valence-electron chi connectivity index (χ3n) is 15.9. The lowest BCUT2D eigenvalue weighted by molar-refractivity contribution is -0.331. The Morgan fingerprint density at radius 3 is 2.13 bits per heavy atom. The van der Waals surface area contributed by atoms with E-state index in [0.29, 0.717) is 19.3 Å². The molecule has 10 nitrogen and oxygen atoms in total. The van der Waals surface area contributed by atoms with Crippen molar-refractivity contribution in [2.45, 2.75) is 173 Å². The zero-order valence-corrected chi connectivity index (χ0v) is 28.9. The molecule has 5 saturated carbocycles. The summed E-state index contributed by atoms with van der Waals surface area (Å²) < 4.78 is 19.4. The van der Waals surface area contributed by atoms with E-state index in [9.17, 15) is 35.7 Å². The molecule has 7 N–H and O–H groups in total. The van der Waals surface area contributed by atoms with E-state index in [1.165, 1.54) is 0 Å². The lowest BCUT2D eigenvalue weighted by atomic mass is 9.41. The topological polar surface area (TPSA) is 169 Å². The molecule has 264 valence electrons. The van der Waals surface area contributed by atoms with Gasteiger partial charge in [-0.25, -0.2) is 0 Å². The summed E-state index contributed by atoms with van der Waals surface area (Å²) in [6.07, 6.45) is -1.07. The standard InChI is InChI=1S/C36H60O10/c1-30(2)22(39)8-11-36-17-35(36)13-12-32(5)27(34(7)10-9-23(46-34)31(3,4)43)18(38)15-33(32,6)21(35)14-19(28(30)36)44-29-26(42)25(41)24(40)20(16-37)45-29/h18-29,37-43H,8-17H2,1-7H3/t18?,19-,20+,21?,22?,23?,24?,25-,26?,27?,28-,29+,32?,33-,34+,35?,36?/m0/s1. The molecule has 0 aromatic carbocycles. The van der Waals surface area contributed by atoms with E-state index in [4.69, 9.17) is 14.2 Å². The summed E-state index contributed by atoms with van der Waals surface area (Å²) in [5.74, 6) is 0.0768. The fraction of sp³-hybridized carbons (Fsp3) is 1.00. The maximum Gasteiger partial charge on any atom is 0.186 e. The van der Waals surface area contributed by atoms with Gasteiger partial charge in [-0.1, -0.05) is 27.7 Å². The van der Waals surface area contributed by atoms with Gasteiger partial charge in [0.2, 0.25) is 0 Å². The minimum absolute atomic E-state index is 0.0225. The summed E-state index contributed by atoms with van der Waals surface area (Å²) in [6, 6.07) is 0. The van der Waals surface area contributed by atoms with Crippen LogP contribution in [0, 0.1) is 44.8 Å². The van der Waals surface area contributed by atoms with Gasteiger partial charge in [-0.2, -0.15) is 0 Å². The fourth-order valence-electron chi connectivity index (χ4n) is 13.6. The normalized spacial score (nSPS) is 59.3. The first-order chi connectivity index (χ1) is 21.2. The molecule has 2 saturated heterocycles. The molecule has 0 aromatic heterocycles. The van der Waals surface area contributed by atoms with Crippen molar-refractivity contribution in [2.75, 3.05) is 6.61 Å².